The lowest BCUT2D eigenvalue weighted by Gasteiger charge is -2.30. The molecule has 0 radical (unpaired) electrons. The molecule has 1 aliphatic heterocycles. The van der Waals surface area contributed by atoms with Crippen LogP contribution in [0.1, 0.15) is 46.2 Å². The first-order chi connectivity index (χ1) is 9.93. The third-order valence-corrected chi connectivity index (χ3v) is 5.07. The number of carbonyl (C=O) groups is 2. The molecule has 0 aliphatic carbocycles. The van der Waals surface area contributed by atoms with Crippen molar-refractivity contribution in [2.24, 2.45) is 5.92 Å². The van der Waals surface area contributed by atoms with Gasteiger partial charge in [0.15, 0.2) is 0 Å². The van der Waals surface area contributed by atoms with Crippen LogP contribution in [-0.4, -0.2) is 47.1 Å². The number of hydrogen-bond donors (Lipinski definition) is 1. The fourth-order valence-corrected chi connectivity index (χ4v) is 3.46. The number of carboxylic acids is 1. The number of nitrogens with zero attached hydrogens (tertiary/aromatic N) is 2. The highest BCUT2D eigenvalue weighted by Gasteiger charge is 2.30. The van der Waals surface area contributed by atoms with E-state index in [1.807, 2.05) is 6.92 Å². The Morgan fingerprint density at radius 1 is 1.52 bits per heavy atom. The minimum absolute atomic E-state index is 0.120. The molecule has 2 rings (SSSR count). The van der Waals surface area contributed by atoms with Crippen molar-refractivity contribution >= 4 is 23.2 Å². The monoisotopic (exact) mass is 312 g/mol. The zero-order valence-electron chi connectivity index (χ0n) is 12.5. The fraction of sp³-hybridized carbons (Fsp3) is 0.643. The maximum absolute atomic E-state index is 12.6. The number of thiazole rings is 1. The largest absolute Gasteiger partial charge is 0.481 e. The van der Waals surface area contributed by atoms with Gasteiger partial charge in [-0.1, -0.05) is 0 Å². The Morgan fingerprint density at radius 2 is 2.24 bits per heavy atom. The van der Waals surface area contributed by atoms with E-state index in [9.17, 15) is 9.59 Å². The van der Waals surface area contributed by atoms with E-state index in [0.717, 1.165) is 11.4 Å². The Hall–Kier alpha value is -1.47. The summed E-state index contributed by atoms with van der Waals surface area (Å²) in [6.07, 6.45) is 1.21. The molecule has 0 saturated carbocycles. The average molecular weight is 312 g/mol. The van der Waals surface area contributed by atoms with Gasteiger partial charge in [0, 0.05) is 20.2 Å². The van der Waals surface area contributed by atoms with Gasteiger partial charge in [-0.05, 0) is 26.7 Å². The Bertz CT molecular complexity index is 543. The van der Waals surface area contributed by atoms with Crippen molar-refractivity contribution in [3.63, 3.8) is 0 Å². The first-order valence-corrected chi connectivity index (χ1v) is 7.78. The first-order valence-electron chi connectivity index (χ1n) is 6.96. The Balaban J connectivity index is 2.16. The number of aliphatic carboxylic acids is 1. The standard InChI is InChI=1S/C14H20N2O4S/c1-8-11(21-12(15-8)9(2)20-3)13(17)16-6-4-5-10(7-16)14(18)19/h9-10H,4-7H2,1-3H3,(H,18,19)/t9-,10-/m0/s1. The quantitative estimate of drug-likeness (QED) is 0.921. The highest BCUT2D eigenvalue weighted by molar-refractivity contribution is 7.13. The molecule has 1 aliphatic rings. The fourth-order valence-electron chi connectivity index (χ4n) is 2.40. The van der Waals surface area contributed by atoms with Gasteiger partial charge in [-0.15, -0.1) is 11.3 Å². The third-order valence-electron chi connectivity index (χ3n) is 3.77. The maximum Gasteiger partial charge on any atom is 0.308 e. The van der Waals surface area contributed by atoms with E-state index in [1.165, 1.54) is 11.3 Å². The highest BCUT2D eigenvalue weighted by Crippen LogP contribution is 2.28. The summed E-state index contributed by atoms with van der Waals surface area (Å²) in [5.41, 5.74) is 0.682. The van der Waals surface area contributed by atoms with Crippen LogP contribution in [0.4, 0.5) is 0 Å². The van der Waals surface area contributed by atoms with Crippen molar-refractivity contribution in [3.8, 4) is 0 Å². The molecule has 0 bridgehead atoms. The molecule has 1 aromatic rings. The number of hydrogen-bond acceptors (Lipinski definition) is 5. The van der Waals surface area contributed by atoms with Crippen LogP contribution >= 0.6 is 11.3 Å². The molecule has 6 nitrogen and oxygen atoms in total. The molecule has 7 heteroatoms. The zero-order chi connectivity index (χ0) is 15.6. The molecule has 1 N–H and O–H groups in total. The summed E-state index contributed by atoms with van der Waals surface area (Å²) in [5, 5.41) is 9.88. The topological polar surface area (TPSA) is 79.7 Å². The molecule has 1 saturated heterocycles. The van der Waals surface area contributed by atoms with E-state index in [2.05, 4.69) is 4.98 Å². The van der Waals surface area contributed by atoms with Crippen LogP contribution in [0.5, 0.6) is 0 Å². The van der Waals surface area contributed by atoms with Crippen LogP contribution < -0.4 is 0 Å². The van der Waals surface area contributed by atoms with Crippen molar-refractivity contribution in [3.05, 3.63) is 15.6 Å². The van der Waals surface area contributed by atoms with Crippen LogP contribution in [-0.2, 0) is 9.53 Å². The minimum Gasteiger partial charge on any atom is -0.481 e. The summed E-state index contributed by atoms with van der Waals surface area (Å²) < 4.78 is 5.22. The number of aromatic nitrogens is 1. The molecule has 0 unspecified atom stereocenters. The number of likely N-dealkylation sites (tertiary alicyclic amines) is 1. The molecule has 2 atom stereocenters. The Kier molecular flexibility index (Phi) is 4.95. The van der Waals surface area contributed by atoms with Gasteiger partial charge < -0.3 is 14.7 Å². The average Bonchev–Trinajstić information content (AvgIpc) is 2.87. The summed E-state index contributed by atoms with van der Waals surface area (Å²) in [6.45, 7) is 4.57. The number of ether oxygens (including phenoxy) is 1. The molecule has 1 fully saturated rings. The second-order valence-corrected chi connectivity index (χ2v) is 6.30. The van der Waals surface area contributed by atoms with Gasteiger partial charge in [0.25, 0.3) is 5.91 Å². The molecule has 116 valence electrons. The zero-order valence-corrected chi connectivity index (χ0v) is 13.3. The lowest BCUT2D eigenvalue weighted by Crippen LogP contribution is -2.42. The molecule has 1 amide bonds. The van der Waals surface area contributed by atoms with Crippen molar-refractivity contribution in [1.29, 1.82) is 0 Å². The number of methoxy groups -OCH3 is 1. The minimum atomic E-state index is -0.831. The number of carboxylic acid groups (broad SMARTS) is 1. The van der Waals surface area contributed by atoms with Gasteiger partial charge in [0.2, 0.25) is 0 Å². The number of aryl methyl sites for hydroxylation is 1. The van der Waals surface area contributed by atoms with Gasteiger partial charge in [-0.25, -0.2) is 4.98 Å². The number of amides is 1. The van der Waals surface area contributed by atoms with Gasteiger partial charge in [-0.2, -0.15) is 0 Å². The number of rotatable bonds is 4. The normalized spacial score (nSPS) is 20.3. The summed E-state index contributed by atoms with van der Waals surface area (Å²) >= 11 is 1.33. The number of piperidine rings is 1. The lowest BCUT2D eigenvalue weighted by molar-refractivity contribution is -0.143. The second-order valence-electron chi connectivity index (χ2n) is 5.27. The summed E-state index contributed by atoms with van der Waals surface area (Å²) in [7, 11) is 1.60. The molecule has 1 aromatic heterocycles. The predicted octanol–water partition coefficient (Wildman–Crippen LogP) is 2.10. The van der Waals surface area contributed by atoms with Gasteiger partial charge in [0.05, 0.1) is 11.6 Å². The van der Waals surface area contributed by atoms with Crippen LogP contribution in [0, 0.1) is 12.8 Å². The van der Waals surface area contributed by atoms with Gasteiger partial charge in [0.1, 0.15) is 16.0 Å². The first kappa shape index (κ1) is 15.9. The molecular formula is C14H20N2O4S. The summed E-state index contributed by atoms with van der Waals surface area (Å²) in [4.78, 5) is 30.3. The van der Waals surface area contributed by atoms with Crippen LogP contribution in [0.3, 0.4) is 0 Å². The molecule has 21 heavy (non-hydrogen) atoms. The second kappa shape index (κ2) is 6.53. The third kappa shape index (κ3) is 3.41. The van der Waals surface area contributed by atoms with E-state index >= 15 is 0 Å². The summed E-state index contributed by atoms with van der Waals surface area (Å²) in [6, 6.07) is 0. The molecular weight excluding hydrogens is 292 g/mol. The molecule has 0 aromatic carbocycles. The van der Waals surface area contributed by atoms with Crippen molar-refractivity contribution in [2.45, 2.75) is 32.8 Å². The maximum atomic E-state index is 12.6. The molecule has 2 heterocycles. The van der Waals surface area contributed by atoms with E-state index in [1.54, 1.807) is 18.9 Å². The van der Waals surface area contributed by atoms with E-state index in [-0.39, 0.29) is 18.6 Å². The van der Waals surface area contributed by atoms with Gasteiger partial charge in [-0.3, -0.25) is 9.59 Å². The van der Waals surface area contributed by atoms with E-state index < -0.39 is 11.9 Å². The van der Waals surface area contributed by atoms with E-state index in [0.29, 0.717) is 23.5 Å². The lowest BCUT2D eigenvalue weighted by atomic mass is 9.98. The highest BCUT2D eigenvalue weighted by atomic mass is 32.1. The Morgan fingerprint density at radius 3 is 2.86 bits per heavy atom. The summed E-state index contributed by atoms with van der Waals surface area (Å²) in [5.74, 6) is -1.42. The van der Waals surface area contributed by atoms with Crippen molar-refractivity contribution < 1.29 is 19.4 Å². The smallest absolute Gasteiger partial charge is 0.308 e. The SMILES string of the molecule is CO[C@@H](C)c1nc(C)c(C(=O)N2CCC[C@H](C(=O)O)C2)s1. The van der Waals surface area contributed by atoms with Crippen LogP contribution in [0.2, 0.25) is 0 Å². The van der Waals surface area contributed by atoms with Crippen LogP contribution in [0.25, 0.3) is 0 Å². The number of carbonyl (C=O) groups excluding carboxylic acids is 1. The van der Waals surface area contributed by atoms with Gasteiger partial charge >= 0.3 is 5.97 Å². The Labute approximate surface area is 127 Å². The predicted molar refractivity (Wildman–Crippen MR) is 78.5 cm³/mol. The van der Waals surface area contributed by atoms with Crippen molar-refractivity contribution in [2.75, 3.05) is 20.2 Å². The molecule has 0 spiro atoms. The van der Waals surface area contributed by atoms with Crippen molar-refractivity contribution in [1.82, 2.24) is 9.88 Å². The van der Waals surface area contributed by atoms with E-state index in [4.69, 9.17) is 9.84 Å². The van der Waals surface area contributed by atoms with Crippen LogP contribution in [0.15, 0.2) is 0 Å².